The molecular weight excluding hydrogens is 356 g/mol. The number of para-hydroxylation sites is 1. The molecule has 1 aromatic carbocycles. The van der Waals surface area contributed by atoms with Crippen molar-refractivity contribution in [1.82, 2.24) is 14.7 Å². The molecule has 1 fully saturated rings. The second kappa shape index (κ2) is 7.05. The van der Waals surface area contributed by atoms with Crippen molar-refractivity contribution in [2.45, 2.75) is 19.4 Å². The Labute approximate surface area is 155 Å². The van der Waals surface area contributed by atoms with Crippen LogP contribution in [0.2, 0.25) is 0 Å². The molecular formula is C17H20N4O2S2. The Bertz CT molecular complexity index is 873. The maximum atomic E-state index is 13.1. The van der Waals surface area contributed by atoms with E-state index < -0.39 is 0 Å². The summed E-state index contributed by atoms with van der Waals surface area (Å²) in [7, 11) is 1.80. The SMILES string of the molecule is CSCC[C@H]1NC(=S)N(c2c(C)n(C)n(-c3ccccc3)c2=O)C1=O. The van der Waals surface area contributed by atoms with Gasteiger partial charge in [-0.15, -0.1) is 0 Å². The summed E-state index contributed by atoms with van der Waals surface area (Å²) < 4.78 is 3.30. The Balaban J connectivity index is 2.06. The van der Waals surface area contributed by atoms with Crippen LogP contribution >= 0.6 is 24.0 Å². The van der Waals surface area contributed by atoms with Crippen LogP contribution in [-0.2, 0) is 11.8 Å². The number of carbonyl (C=O) groups is 1. The van der Waals surface area contributed by atoms with Crippen LogP contribution in [-0.4, -0.2) is 38.4 Å². The van der Waals surface area contributed by atoms with Crippen LogP contribution in [0, 0.1) is 6.92 Å². The monoisotopic (exact) mass is 376 g/mol. The Morgan fingerprint density at radius 3 is 2.56 bits per heavy atom. The van der Waals surface area contributed by atoms with E-state index in [9.17, 15) is 9.59 Å². The van der Waals surface area contributed by atoms with E-state index in [-0.39, 0.29) is 17.5 Å². The fourth-order valence-corrected chi connectivity index (χ4v) is 3.78. The third kappa shape index (κ3) is 3.00. The first-order valence-corrected chi connectivity index (χ1v) is 9.75. The minimum Gasteiger partial charge on any atom is -0.350 e. The number of thiocarbonyl (C=S) groups is 1. The minimum absolute atomic E-state index is 0.162. The summed E-state index contributed by atoms with van der Waals surface area (Å²) >= 11 is 7.02. The summed E-state index contributed by atoms with van der Waals surface area (Å²) in [6.45, 7) is 1.82. The summed E-state index contributed by atoms with van der Waals surface area (Å²) in [5.41, 5.74) is 1.50. The molecule has 0 saturated carbocycles. The number of carbonyl (C=O) groups excluding carboxylic acids is 1. The van der Waals surface area contributed by atoms with Crippen LogP contribution < -0.4 is 15.8 Å². The zero-order chi connectivity index (χ0) is 18.1. The van der Waals surface area contributed by atoms with E-state index in [0.29, 0.717) is 22.9 Å². The lowest BCUT2D eigenvalue weighted by Crippen LogP contribution is -2.35. The summed E-state index contributed by atoms with van der Waals surface area (Å²) in [4.78, 5) is 27.2. The number of benzene rings is 1. The maximum Gasteiger partial charge on any atom is 0.296 e. The first-order chi connectivity index (χ1) is 12.0. The molecule has 1 aliphatic rings. The molecule has 0 aliphatic carbocycles. The first-order valence-electron chi connectivity index (χ1n) is 7.94. The molecule has 1 aromatic heterocycles. The summed E-state index contributed by atoms with van der Waals surface area (Å²) in [6.07, 6.45) is 2.67. The highest BCUT2D eigenvalue weighted by Gasteiger charge is 2.39. The van der Waals surface area contributed by atoms with Crippen molar-refractivity contribution in [3.8, 4) is 5.69 Å². The zero-order valence-electron chi connectivity index (χ0n) is 14.4. The molecule has 1 amide bonds. The number of nitrogens with zero attached hydrogens (tertiary/aromatic N) is 3. The number of amides is 1. The van der Waals surface area contributed by atoms with E-state index in [1.807, 2.05) is 43.5 Å². The van der Waals surface area contributed by atoms with Gasteiger partial charge in [0.15, 0.2) is 5.11 Å². The molecule has 1 aliphatic heterocycles. The number of rotatable bonds is 5. The zero-order valence-corrected chi connectivity index (χ0v) is 16.0. The van der Waals surface area contributed by atoms with Crippen LogP contribution in [0.5, 0.6) is 0 Å². The van der Waals surface area contributed by atoms with Crippen molar-refractivity contribution in [1.29, 1.82) is 0 Å². The van der Waals surface area contributed by atoms with E-state index in [2.05, 4.69) is 5.32 Å². The summed E-state index contributed by atoms with van der Waals surface area (Å²) in [6, 6.07) is 8.97. The molecule has 1 saturated heterocycles. The predicted molar refractivity (Wildman–Crippen MR) is 106 cm³/mol. The molecule has 25 heavy (non-hydrogen) atoms. The second-order valence-corrected chi connectivity index (χ2v) is 7.24. The summed E-state index contributed by atoms with van der Waals surface area (Å²) in [5.74, 6) is 0.687. The highest BCUT2D eigenvalue weighted by atomic mass is 32.2. The van der Waals surface area contributed by atoms with Gasteiger partial charge in [-0.3, -0.25) is 14.3 Å². The molecule has 132 valence electrons. The highest BCUT2D eigenvalue weighted by Crippen LogP contribution is 2.23. The maximum absolute atomic E-state index is 13.1. The van der Waals surface area contributed by atoms with Gasteiger partial charge in [0.05, 0.1) is 11.4 Å². The van der Waals surface area contributed by atoms with Gasteiger partial charge < -0.3 is 5.32 Å². The van der Waals surface area contributed by atoms with Crippen LogP contribution in [0.25, 0.3) is 5.69 Å². The molecule has 6 nitrogen and oxygen atoms in total. The van der Waals surface area contributed by atoms with Gasteiger partial charge in [0.2, 0.25) is 0 Å². The quantitative estimate of drug-likeness (QED) is 0.807. The molecule has 1 atom stereocenters. The molecule has 8 heteroatoms. The minimum atomic E-state index is -0.371. The number of aromatic nitrogens is 2. The predicted octanol–water partition coefficient (Wildman–Crippen LogP) is 1.83. The topological polar surface area (TPSA) is 59.3 Å². The lowest BCUT2D eigenvalue weighted by atomic mass is 10.2. The van der Waals surface area contributed by atoms with Gasteiger partial charge in [0, 0.05) is 7.05 Å². The van der Waals surface area contributed by atoms with Crippen molar-refractivity contribution < 1.29 is 4.79 Å². The highest BCUT2D eigenvalue weighted by molar-refractivity contribution is 7.98. The number of thioether (sulfide) groups is 1. The number of anilines is 1. The molecule has 2 heterocycles. The lowest BCUT2D eigenvalue weighted by molar-refractivity contribution is -0.118. The third-order valence-corrected chi connectivity index (χ3v) is 5.32. The first kappa shape index (κ1) is 17.8. The molecule has 3 rings (SSSR count). The van der Waals surface area contributed by atoms with Gasteiger partial charge in [0.1, 0.15) is 11.7 Å². The molecule has 0 radical (unpaired) electrons. The summed E-state index contributed by atoms with van der Waals surface area (Å²) in [5, 5.41) is 3.34. The smallest absolute Gasteiger partial charge is 0.296 e. The average Bonchev–Trinajstić information content (AvgIpc) is 3.00. The number of hydrogen-bond donors (Lipinski definition) is 1. The van der Waals surface area contributed by atoms with E-state index in [4.69, 9.17) is 12.2 Å². The van der Waals surface area contributed by atoms with Crippen molar-refractivity contribution in [3.05, 3.63) is 46.4 Å². The fourth-order valence-electron chi connectivity index (χ4n) is 2.99. The van der Waals surface area contributed by atoms with Crippen LogP contribution in [0.4, 0.5) is 5.69 Å². The van der Waals surface area contributed by atoms with Crippen molar-refractivity contribution >= 4 is 40.7 Å². The van der Waals surface area contributed by atoms with E-state index in [1.54, 1.807) is 28.2 Å². The third-order valence-electron chi connectivity index (χ3n) is 4.38. The largest absolute Gasteiger partial charge is 0.350 e. The fraction of sp³-hybridized carbons (Fsp3) is 0.353. The molecule has 0 bridgehead atoms. The van der Waals surface area contributed by atoms with Gasteiger partial charge in [-0.05, 0) is 49.7 Å². The number of hydrogen-bond acceptors (Lipinski definition) is 4. The van der Waals surface area contributed by atoms with Gasteiger partial charge in [0.25, 0.3) is 11.5 Å². The Morgan fingerprint density at radius 2 is 1.92 bits per heavy atom. The van der Waals surface area contributed by atoms with Gasteiger partial charge >= 0.3 is 0 Å². The standard InChI is InChI=1S/C17H20N4O2S2/c1-11-14(20-15(22)13(9-10-25-3)18-17(20)24)16(23)21(19(11)2)12-7-5-4-6-8-12/h4-8,13H,9-10H2,1-3H3,(H,18,24)/t13-/m1/s1. The van der Waals surface area contributed by atoms with Crippen LogP contribution in [0.15, 0.2) is 35.1 Å². The molecule has 0 spiro atoms. The Hall–Kier alpha value is -2.06. The lowest BCUT2D eigenvalue weighted by Gasteiger charge is -2.13. The second-order valence-electron chi connectivity index (χ2n) is 5.87. The molecule has 0 unspecified atom stereocenters. The van der Waals surface area contributed by atoms with Gasteiger partial charge in [-0.25, -0.2) is 9.58 Å². The average molecular weight is 377 g/mol. The molecule has 2 aromatic rings. The van der Waals surface area contributed by atoms with Crippen molar-refractivity contribution in [3.63, 3.8) is 0 Å². The van der Waals surface area contributed by atoms with Crippen molar-refractivity contribution in [2.24, 2.45) is 7.05 Å². The van der Waals surface area contributed by atoms with Crippen molar-refractivity contribution in [2.75, 3.05) is 16.9 Å². The molecule has 1 N–H and O–H groups in total. The normalized spacial score (nSPS) is 17.2. The van der Waals surface area contributed by atoms with Crippen LogP contribution in [0.1, 0.15) is 12.1 Å². The van der Waals surface area contributed by atoms with Gasteiger partial charge in [-0.2, -0.15) is 11.8 Å². The van der Waals surface area contributed by atoms with E-state index in [1.165, 1.54) is 4.90 Å². The Morgan fingerprint density at radius 1 is 1.24 bits per heavy atom. The van der Waals surface area contributed by atoms with Gasteiger partial charge in [-0.1, -0.05) is 18.2 Å². The number of nitrogens with one attached hydrogen (secondary N) is 1. The van der Waals surface area contributed by atoms with E-state index in [0.717, 1.165) is 11.4 Å². The van der Waals surface area contributed by atoms with Crippen LogP contribution in [0.3, 0.4) is 0 Å². The Kier molecular flexibility index (Phi) is 5.01. The van der Waals surface area contributed by atoms with E-state index >= 15 is 0 Å².